The number of carbonyl (C=O) groups excluding carboxylic acids is 1. The molecule has 0 saturated heterocycles. The Bertz CT molecular complexity index is 1140. The van der Waals surface area contributed by atoms with Crippen molar-refractivity contribution < 1.29 is 19.4 Å². The number of carbonyl (C=O) groups is 2. The average Bonchev–Trinajstić information content (AvgIpc) is 3.15. The molecule has 7 nitrogen and oxygen atoms in total. The zero-order chi connectivity index (χ0) is 24.7. The highest BCUT2D eigenvalue weighted by atomic mass is 35.5. The predicted molar refractivity (Wildman–Crippen MR) is 132 cm³/mol. The Labute approximate surface area is 204 Å². The summed E-state index contributed by atoms with van der Waals surface area (Å²) in [5.41, 5.74) is 8.99. The van der Waals surface area contributed by atoms with Gasteiger partial charge in [-0.25, -0.2) is 14.6 Å². The third kappa shape index (κ3) is 5.85. The molecule has 0 amide bonds. The number of hydrogen-bond donors (Lipinski definition) is 2. The van der Waals surface area contributed by atoms with Crippen molar-refractivity contribution in [1.82, 2.24) is 9.55 Å². The maximum absolute atomic E-state index is 12.5. The Morgan fingerprint density at radius 2 is 1.88 bits per heavy atom. The first-order valence-corrected chi connectivity index (χ1v) is 11.8. The molecular formula is C26H30ClN3O4. The fourth-order valence-electron chi connectivity index (χ4n) is 3.80. The normalized spacial score (nSPS) is 11.9. The van der Waals surface area contributed by atoms with Gasteiger partial charge in [0.15, 0.2) is 5.15 Å². The van der Waals surface area contributed by atoms with Crippen LogP contribution < -0.4 is 5.73 Å². The van der Waals surface area contributed by atoms with Gasteiger partial charge in [-0.05, 0) is 35.6 Å². The highest BCUT2D eigenvalue weighted by Crippen LogP contribution is 2.29. The zero-order valence-electron chi connectivity index (χ0n) is 19.5. The molecule has 180 valence electrons. The number of rotatable bonds is 11. The molecule has 0 aliphatic heterocycles. The number of esters is 1. The molecule has 3 N–H and O–H groups in total. The van der Waals surface area contributed by atoms with Gasteiger partial charge in [-0.1, -0.05) is 74.3 Å². The van der Waals surface area contributed by atoms with E-state index in [0.29, 0.717) is 29.9 Å². The molecule has 34 heavy (non-hydrogen) atoms. The lowest BCUT2D eigenvalue weighted by Crippen LogP contribution is -2.27. The number of carboxylic acid groups (broad SMARTS) is 1. The number of nitrogens with zero attached hydrogens (tertiary/aromatic N) is 2. The zero-order valence-corrected chi connectivity index (χ0v) is 20.2. The lowest BCUT2D eigenvalue weighted by atomic mass is 9.97. The SMILES string of the molecule is CCCCc1nc(Cl)c(C(N)C(=O)OCCC)n1Cc1ccc(-c2ccccc2)c(C(=O)O)c1. The molecule has 0 spiro atoms. The van der Waals surface area contributed by atoms with E-state index in [9.17, 15) is 14.7 Å². The summed E-state index contributed by atoms with van der Waals surface area (Å²) in [5.74, 6) is -0.891. The first kappa shape index (κ1) is 25.5. The third-order valence-electron chi connectivity index (χ3n) is 5.53. The molecule has 2 aromatic carbocycles. The van der Waals surface area contributed by atoms with Crippen molar-refractivity contribution in [3.05, 3.63) is 76.3 Å². The Balaban J connectivity index is 2.02. The summed E-state index contributed by atoms with van der Waals surface area (Å²) in [7, 11) is 0. The number of benzene rings is 2. The number of halogens is 1. The highest BCUT2D eigenvalue weighted by molar-refractivity contribution is 6.30. The molecule has 0 aliphatic carbocycles. The average molecular weight is 484 g/mol. The summed E-state index contributed by atoms with van der Waals surface area (Å²) >= 11 is 6.44. The van der Waals surface area contributed by atoms with Crippen LogP contribution in [0.1, 0.15) is 66.6 Å². The smallest absolute Gasteiger partial charge is 0.336 e. The minimum atomic E-state index is -1.09. The van der Waals surface area contributed by atoms with Gasteiger partial charge in [0.2, 0.25) is 0 Å². The molecule has 0 bridgehead atoms. The Hall–Kier alpha value is -3.16. The van der Waals surface area contributed by atoms with Gasteiger partial charge in [0.1, 0.15) is 11.9 Å². The molecule has 1 heterocycles. The van der Waals surface area contributed by atoms with Crippen molar-refractivity contribution >= 4 is 23.5 Å². The summed E-state index contributed by atoms with van der Waals surface area (Å²) in [6.07, 6.45) is 3.18. The lowest BCUT2D eigenvalue weighted by Gasteiger charge is -2.17. The second kappa shape index (κ2) is 11.8. The maximum Gasteiger partial charge on any atom is 0.336 e. The van der Waals surface area contributed by atoms with Crippen LogP contribution in [0, 0.1) is 0 Å². The number of nitrogens with two attached hydrogens (primary N) is 1. The van der Waals surface area contributed by atoms with Gasteiger partial charge in [-0.2, -0.15) is 0 Å². The van der Waals surface area contributed by atoms with Crippen LogP contribution in [-0.4, -0.2) is 33.2 Å². The van der Waals surface area contributed by atoms with E-state index in [1.165, 1.54) is 0 Å². The molecule has 8 heteroatoms. The number of aromatic carboxylic acids is 1. The minimum Gasteiger partial charge on any atom is -0.478 e. The van der Waals surface area contributed by atoms with E-state index in [1.54, 1.807) is 12.1 Å². The number of hydrogen-bond acceptors (Lipinski definition) is 5. The van der Waals surface area contributed by atoms with E-state index in [-0.39, 0.29) is 23.9 Å². The van der Waals surface area contributed by atoms with Crippen LogP contribution in [0.2, 0.25) is 5.15 Å². The number of unbranched alkanes of at least 4 members (excludes halogenated alkanes) is 1. The molecule has 0 aliphatic rings. The van der Waals surface area contributed by atoms with Gasteiger partial charge in [-0.3, -0.25) is 0 Å². The predicted octanol–water partition coefficient (Wildman–Crippen LogP) is 5.25. The van der Waals surface area contributed by atoms with Gasteiger partial charge in [-0.15, -0.1) is 0 Å². The van der Waals surface area contributed by atoms with Crippen molar-refractivity contribution in [2.24, 2.45) is 5.73 Å². The topological polar surface area (TPSA) is 107 Å². The van der Waals surface area contributed by atoms with Gasteiger partial charge in [0, 0.05) is 13.0 Å². The summed E-state index contributed by atoms with van der Waals surface area (Å²) < 4.78 is 7.05. The van der Waals surface area contributed by atoms with Gasteiger partial charge < -0.3 is 20.1 Å². The van der Waals surface area contributed by atoms with Crippen LogP contribution in [-0.2, 0) is 22.5 Å². The summed E-state index contributed by atoms with van der Waals surface area (Å²) in [4.78, 5) is 29.0. The van der Waals surface area contributed by atoms with Crippen molar-refractivity contribution in [3.8, 4) is 11.1 Å². The fraction of sp³-hybridized carbons (Fsp3) is 0.346. The summed E-state index contributed by atoms with van der Waals surface area (Å²) in [6.45, 7) is 4.52. The molecule has 0 radical (unpaired) electrons. The summed E-state index contributed by atoms with van der Waals surface area (Å²) in [6, 6.07) is 13.6. The largest absolute Gasteiger partial charge is 0.478 e. The Morgan fingerprint density at radius 1 is 1.15 bits per heavy atom. The number of ether oxygens (including phenoxy) is 1. The van der Waals surface area contributed by atoms with Crippen molar-refractivity contribution in [2.45, 2.75) is 52.1 Å². The minimum absolute atomic E-state index is 0.159. The molecule has 1 unspecified atom stereocenters. The van der Waals surface area contributed by atoms with Crippen molar-refractivity contribution in [1.29, 1.82) is 0 Å². The molecule has 3 rings (SSSR count). The fourth-order valence-corrected chi connectivity index (χ4v) is 4.12. The quantitative estimate of drug-likeness (QED) is 0.361. The van der Waals surface area contributed by atoms with Crippen molar-refractivity contribution in [3.63, 3.8) is 0 Å². The van der Waals surface area contributed by atoms with E-state index < -0.39 is 18.0 Å². The van der Waals surface area contributed by atoms with Crippen LogP contribution >= 0.6 is 11.6 Å². The van der Waals surface area contributed by atoms with Crippen LogP contribution in [0.4, 0.5) is 0 Å². The van der Waals surface area contributed by atoms with Gasteiger partial charge in [0.05, 0.1) is 17.9 Å². The van der Waals surface area contributed by atoms with E-state index in [4.69, 9.17) is 22.1 Å². The Morgan fingerprint density at radius 3 is 2.53 bits per heavy atom. The van der Waals surface area contributed by atoms with E-state index in [1.807, 2.05) is 47.9 Å². The molecule has 0 fully saturated rings. The van der Waals surface area contributed by atoms with Crippen LogP contribution in [0.3, 0.4) is 0 Å². The summed E-state index contributed by atoms with van der Waals surface area (Å²) in [5, 5.41) is 10.0. The van der Waals surface area contributed by atoms with E-state index >= 15 is 0 Å². The number of carboxylic acids is 1. The van der Waals surface area contributed by atoms with Crippen LogP contribution in [0.25, 0.3) is 11.1 Å². The second-order valence-electron chi connectivity index (χ2n) is 8.09. The van der Waals surface area contributed by atoms with Gasteiger partial charge in [0.25, 0.3) is 0 Å². The highest BCUT2D eigenvalue weighted by Gasteiger charge is 2.27. The van der Waals surface area contributed by atoms with Gasteiger partial charge >= 0.3 is 11.9 Å². The second-order valence-corrected chi connectivity index (χ2v) is 8.45. The number of imidazole rings is 1. The standard InChI is InChI=1S/C26H30ClN3O4/c1-3-5-11-21-29-24(27)23(22(28)26(33)34-14-4-2)30(21)16-17-12-13-19(20(15-17)25(31)32)18-9-7-6-8-10-18/h6-10,12-13,15,22H,3-5,11,14,16,28H2,1-2H3,(H,31,32). The monoisotopic (exact) mass is 483 g/mol. The number of aryl methyl sites for hydroxylation is 1. The number of aromatic nitrogens is 2. The molecular weight excluding hydrogens is 454 g/mol. The van der Waals surface area contributed by atoms with E-state index in [2.05, 4.69) is 11.9 Å². The lowest BCUT2D eigenvalue weighted by molar-refractivity contribution is -0.145. The van der Waals surface area contributed by atoms with Crippen LogP contribution in [0.15, 0.2) is 48.5 Å². The third-order valence-corrected chi connectivity index (χ3v) is 5.81. The molecule has 1 atom stereocenters. The molecule has 3 aromatic rings. The van der Waals surface area contributed by atoms with E-state index in [0.717, 1.165) is 24.0 Å². The maximum atomic E-state index is 12.5. The molecule has 1 aromatic heterocycles. The first-order valence-electron chi connectivity index (χ1n) is 11.5. The van der Waals surface area contributed by atoms with Crippen LogP contribution in [0.5, 0.6) is 0 Å². The van der Waals surface area contributed by atoms with Crippen molar-refractivity contribution in [2.75, 3.05) is 6.61 Å². The molecule has 0 saturated carbocycles. The Kier molecular flexibility index (Phi) is 8.85. The first-order chi connectivity index (χ1) is 16.4.